The van der Waals surface area contributed by atoms with E-state index in [1.54, 1.807) is 0 Å². The maximum atomic E-state index is 11.6. The van der Waals surface area contributed by atoms with Crippen LogP contribution in [0.3, 0.4) is 0 Å². The predicted molar refractivity (Wildman–Crippen MR) is 58.1 cm³/mol. The van der Waals surface area contributed by atoms with Gasteiger partial charge in [-0.1, -0.05) is 0 Å². The molecule has 2 saturated carbocycles. The fraction of sp³-hybridized carbons (Fsp3) is 0.818. The van der Waals surface area contributed by atoms with Crippen LogP contribution < -0.4 is 10.6 Å². The number of rotatable bonds is 5. The third-order valence-corrected chi connectivity index (χ3v) is 3.32. The second-order valence-electron chi connectivity index (χ2n) is 5.20. The number of carboxylic acids is 1. The van der Waals surface area contributed by atoms with Crippen molar-refractivity contribution in [3.8, 4) is 0 Å². The lowest BCUT2D eigenvalue weighted by molar-refractivity contribution is -0.137. The lowest BCUT2D eigenvalue weighted by Gasteiger charge is -2.19. The number of carbonyl (C=O) groups is 2. The molecule has 16 heavy (non-hydrogen) atoms. The molecule has 0 aromatic carbocycles. The van der Waals surface area contributed by atoms with E-state index in [-0.39, 0.29) is 24.0 Å². The van der Waals surface area contributed by atoms with Crippen molar-refractivity contribution < 1.29 is 14.7 Å². The van der Waals surface area contributed by atoms with Gasteiger partial charge in [-0.15, -0.1) is 0 Å². The molecule has 0 bridgehead atoms. The minimum Gasteiger partial charge on any atom is -0.481 e. The van der Waals surface area contributed by atoms with E-state index in [0.29, 0.717) is 5.92 Å². The Bertz CT molecular complexity index is 308. The number of carboxylic acid groups (broad SMARTS) is 1. The molecule has 0 aromatic rings. The molecule has 5 heteroatoms. The fourth-order valence-electron chi connectivity index (χ4n) is 1.81. The summed E-state index contributed by atoms with van der Waals surface area (Å²) in [5.74, 6) is -0.497. The van der Waals surface area contributed by atoms with E-state index in [1.807, 2.05) is 6.92 Å². The molecule has 1 atom stereocenters. The van der Waals surface area contributed by atoms with Gasteiger partial charge >= 0.3 is 12.0 Å². The van der Waals surface area contributed by atoms with E-state index in [4.69, 9.17) is 5.11 Å². The molecule has 3 N–H and O–H groups in total. The molecule has 0 saturated heterocycles. The molecule has 2 amide bonds. The third-order valence-electron chi connectivity index (χ3n) is 3.32. The van der Waals surface area contributed by atoms with Gasteiger partial charge in [-0.3, -0.25) is 4.79 Å². The molecule has 0 heterocycles. The van der Waals surface area contributed by atoms with E-state index in [1.165, 1.54) is 0 Å². The smallest absolute Gasteiger partial charge is 0.315 e. The van der Waals surface area contributed by atoms with Gasteiger partial charge in [0.1, 0.15) is 0 Å². The normalized spacial score (nSPS) is 23.3. The van der Waals surface area contributed by atoms with Crippen LogP contribution in [0.25, 0.3) is 0 Å². The molecule has 0 radical (unpaired) electrons. The number of carbonyl (C=O) groups excluding carboxylic acids is 1. The largest absolute Gasteiger partial charge is 0.481 e. The number of aliphatic carboxylic acids is 1. The highest BCUT2D eigenvalue weighted by Gasteiger charge is 2.40. The molecular weight excluding hydrogens is 208 g/mol. The molecule has 2 aliphatic carbocycles. The van der Waals surface area contributed by atoms with Crippen molar-refractivity contribution in [2.45, 2.75) is 50.6 Å². The standard InChI is InChI=1S/C11H18N2O3/c1-11(4-5-11)13-10(16)12-8(6-9(14)15)7-2-3-7/h7-8H,2-6H2,1H3,(H,14,15)(H2,12,13,16). The van der Waals surface area contributed by atoms with Crippen molar-refractivity contribution in [1.29, 1.82) is 0 Å². The average Bonchev–Trinajstić information content (AvgIpc) is 2.98. The first kappa shape index (κ1) is 11.2. The van der Waals surface area contributed by atoms with Gasteiger partial charge in [0, 0.05) is 11.6 Å². The van der Waals surface area contributed by atoms with Crippen LogP contribution in [0, 0.1) is 5.92 Å². The Hall–Kier alpha value is -1.26. The van der Waals surface area contributed by atoms with Gasteiger partial charge < -0.3 is 15.7 Å². The molecule has 2 rings (SSSR count). The van der Waals surface area contributed by atoms with Crippen molar-refractivity contribution in [2.24, 2.45) is 5.92 Å². The first-order valence-corrected chi connectivity index (χ1v) is 5.79. The lowest BCUT2D eigenvalue weighted by atomic mass is 10.1. The molecule has 5 nitrogen and oxygen atoms in total. The number of hydrogen-bond acceptors (Lipinski definition) is 2. The summed E-state index contributed by atoms with van der Waals surface area (Å²) in [5, 5.41) is 14.4. The first-order valence-electron chi connectivity index (χ1n) is 5.79. The molecule has 0 spiro atoms. The zero-order chi connectivity index (χ0) is 11.8. The Morgan fingerprint density at radius 3 is 2.50 bits per heavy atom. The van der Waals surface area contributed by atoms with Gasteiger partial charge in [0.05, 0.1) is 6.42 Å². The molecule has 0 aromatic heterocycles. The molecule has 0 aliphatic heterocycles. The van der Waals surface area contributed by atoms with E-state index in [9.17, 15) is 9.59 Å². The quantitative estimate of drug-likeness (QED) is 0.656. The van der Waals surface area contributed by atoms with Crippen LogP contribution in [-0.4, -0.2) is 28.7 Å². The van der Waals surface area contributed by atoms with Crippen LogP contribution in [-0.2, 0) is 4.79 Å². The molecule has 1 unspecified atom stereocenters. The van der Waals surface area contributed by atoms with Crippen molar-refractivity contribution >= 4 is 12.0 Å². The minimum atomic E-state index is -0.852. The van der Waals surface area contributed by atoms with E-state index in [2.05, 4.69) is 10.6 Å². The minimum absolute atomic E-state index is 0.0226. The van der Waals surface area contributed by atoms with Gasteiger partial charge in [0.15, 0.2) is 0 Å². The van der Waals surface area contributed by atoms with Gasteiger partial charge in [-0.25, -0.2) is 4.79 Å². The van der Waals surface area contributed by atoms with E-state index >= 15 is 0 Å². The SMILES string of the molecule is CC1(NC(=O)NC(CC(=O)O)C2CC2)CC1. The van der Waals surface area contributed by atoms with Crippen molar-refractivity contribution in [2.75, 3.05) is 0 Å². The van der Waals surface area contributed by atoms with Gasteiger partial charge in [-0.2, -0.15) is 0 Å². The summed E-state index contributed by atoms with van der Waals surface area (Å²) in [6, 6.07) is -0.432. The van der Waals surface area contributed by atoms with Gasteiger partial charge in [0.25, 0.3) is 0 Å². The highest BCUT2D eigenvalue weighted by Crippen LogP contribution is 2.35. The highest BCUT2D eigenvalue weighted by molar-refractivity contribution is 5.77. The topological polar surface area (TPSA) is 78.4 Å². The van der Waals surface area contributed by atoms with Crippen molar-refractivity contribution in [3.05, 3.63) is 0 Å². The van der Waals surface area contributed by atoms with Crippen molar-refractivity contribution in [3.63, 3.8) is 0 Å². The summed E-state index contributed by atoms with van der Waals surface area (Å²) in [4.78, 5) is 22.3. The maximum Gasteiger partial charge on any atom is 0.315 e. The summed E-state index contributed by atoms with van der Waals surface area (Å²) in [7, 11) is 0. The first-order chi connectivity index (χ1) is 7.48. The fourth-order valence-corrected chi connectivity index (χ4v) is 1.81. The number of hydrogen-bond donors (Lipinski definition) is 3. The summed E-state index contributed by atoms with van der Waals surface area (Å²) in [6.45, 7) is 2.00. The van der Waals surface area contributed by atoms with Crippen LogP contribution in [0.15, 0.2) is 0 Å². The van der Waals surface area contributed by atoms with Crippen LogP contribution in [0.1, 0.15) is 39.0 Å². The van der Waals surface area contributed by atoms with Crippen LogP contribution in [0.2, 0.25) is 0 Å². The lowest BCUT2D eigenvalue weighted by Crippen LogP contribution is -2.47. The molecule has 2 fully saturated rings. The third kappa shape index (κ3) is 3.12. The van der Waals surface area contributed by atoms with E-state index in [0.717, 1.165) is 25.7 Å². The van der Waals surface area contributed by atoms with Crippen LogP contribution >= 0.6 is 0 Å². The van der Waals surface area contributed by atoms with Crippen LogP contribution in [0.4, 0.5) is 4.79 Å². The summed E-state index contributed by atoms with van der Waals surface area (Å²) in [6.07, 6.45) is 4.08. The Kier molecular flexibility index (Phi) is 2.78. The highest BCUT2D eigenvalue weighted by atomic mass is 16.4. The van der Waals surface area contributed by atoms with Gasteiger partial charge in [0.2, 0.25) is 0 Å². The Labute approximate surface area is 94.6 Å². The number of amides is 2. The monoisotopic (exact) mass is 226 g/mol. The Morgan fingerprint density at radius 2 is 2.06 bits per heavy atom. The van der Waals surface area contributed by atoms with Crippen molar-refractivity contribution in [1.82, 2.24) is 10.6 Å². The number of nitrogens with one attached hydrogen (secondary N) is 2. The molecular formula is C11H18N2O3. The second-order valence-corrected chi connectivity index (χ2v) is 5.20. The van der Waals surface area contributed by atoms with Crippen LogP contribution in [0.5, 0.6) is 0 Å². The summed E-state index contributed by atoms with van der Waals surface area (Å²) in [5.41, 5.74) is -0.0542. The molecule has 2 aliphatic rings. The van der Waals surface area contributed by atoms with E-state index < -0.39 is 5.97 Å². The maximum absolute atomic E-state index is 11.6. The molecule has 90 valence electrons. The zero-order valence-corrected chi connectivity index (χ0v) is 9.45. The zero-order valence-electron chi connectivity index (χ0n) is 9.45. The number of urea groups is 1. The summed E-state index contributed by atoms with van der Waals surface area (Å²) < 4.78 is 0. The Morgan fingerprint density at radius 1 is 1.44 bits per heavy atom. The van der Waals surface area contributed by atoms with Gasteiger partial charge in [-0.05, 0) is 38.5 Å². The average molecular weight is 226 g/mol. The summed E-state index contributed by atoms with van der Waals surface area (Å²) >= 11 is 0. The predicted octanol–water partition coefficient (Wildman–Crippen LogP) is 1.09. The second kappa shape index (κ2) is 3.96. The Balaban J connectivity index is 1.80.